The minimum Gasteiger partial charge on any atom is -0.298 e. The molecular formula is C11H15NO3S. The summed E-state index contributed by atoms with van der Waals surface area (Å²) in [5, 5.41) is 0. The van der Waals surface area contributed by atoms with E-state index in [4.69, 9.17) is 0 Å². The fraction of sp³-hybridized carbons (Fsp3) is 0.364. The van der Waals surface area contributed by atoms with Crippen molar-refractivity contribution in [2.75, 3.05) is 0 Å². The highest BCUT2D eigenvalue weighted by Gasteiger charge is 2.20. The summed E-state index contributed by atoms with van der Waals surface area (Å²) in [6.45, 7) is 3.25. The van der Waals surface area contributed by atoms with E-state index in [2.05, 4.69) is 4.72 Å². The van der Waals surface area contributed by atoms with Crippen LogP contribution in [0.1, 0.15) is 20.3 Å². The van der Waals surface area contributed by atoms with E-state index in [1.807, 2.05) is 0 Å². The van der Waals surface area contributed by atoms with E-state index in [1.165, 1.54) is 12.1 Å². The van der Waals surface area contributed by atoms with Crippen LogP contribution in [0.4, 0.5) is 0 Å². The first-order valence-electron chi connectivity index (χ1n) is 5.07. The molecule has 0 aliphatic rings. The molecule has 0 bridgehead atoms. The molecule has 0 radical (unpaired) electrons. The van der Waals surface area contributed by atoms with E-state index in [1.54, 1.807) is 32.0 Å². The van der Waals surface area contributed by atoms with Crippen molar-refractivity contribution in [2.45, 2.75) is 31.2 Å². The summed E-state index contributed by atoms with van der Waals surface area (Å²) in [5.74, 6) is -0.125. The highest BCUT2D eigenvalue weighted by Crippen LogP contribution is 2.08. The van der Waals surface area contributed by atoms with Crippen LogP contribution < -0.4 is 4.72 Å². The first-order chi connectivity index (χ1) is 7.47. The molecule has 1 rings (SSSR count). The number of carbonyl (C=O) groups is 1. The molecule has 1 N–H and O–H groups in total. The van der Waals surface area contributed by atoms with Gasteiger partial charge in [0, 0.05) is 6.42 Å². The Labute approximate surface area is 95.7 Å². The Hall–Kier alpha value is -1.20. The Morgan fingerprint density at radius 3 is 2.38 bits per heavy atom. The van der Waals surface area contributed by atoms with Crippen LogP contribution >= 0.6 is 0 Å². The SMILES string of the molecule is CCC(=O)C(C)NS(=O)(=O)c1ccccc1. The van der Waals surface area contributed by atoms with Gasteiger partial charge in [0.1, 0.15) is 5.78 Å². The van der Waals surface area contributed by atoms with Crippen LogP contribution in [-0.2, 0) is 14.8 Å². The molecule has 1 atom stereocenters. The van der Waals surface area contributed by atoms with Crippen LogP contribution in [0.2, 0.25) is 0 Å². The van der Waals surface area contributed by atoms with E-state index in [0.29, 0.717) is 6.42 Å². The number of carbonyl (C=O) groups excluding carboxylic acids is 1. The molecule has 1 aromatic carbocycles. The van der Waals surface area contributed by atoms with Gasteiger partial charge in [-0.3, -0.25) is 4.79 Å². The summed E-state index contributed by atoms with van der Waals surface area (Å²) < 4.78 is 25.9. The molecule has 4 nitrogen and oxygen atoms in total. The van der Waals surface area contributed by atoms with Gasteiger partial charge in [-0.1, -0.05) is 25.1 Å². The minimum atomic E-state index is -3.59. The second-order valence-electron chi connectivity index (χ2n) is 3.48. The molecule has 0 aliphatic heterocycles. The largest absolute Gasteiger partial charge is 0.298 e. The minimum absolute atomic E-state index is 0.125. The summed E-state index contributed by atoms with van der Waals surface area (Å²) in [5.41, 5.74) is 0. The molecular weight excluding hydrogens is 226 g/mol. The van der Waals surface area contributed by atoms with Crippen molar-refractivity contribution in [3.63, 3.8) is 0 Å². The zero-order chi connectivity index (χ0) is 12.2. The molecule has 5 heteroatoms. The molecule has 0 saturated heterocycles. The van der Waals surface area contributed by atoms with E-state index in [0.717, 1.165) is 0 Å². The average Bonchev–Trinajstić information content (AvgIpc) is 2.28. The quantitative estimate of drug-likeness (QED) is 0.846. The summed E-state index contributed by atoms with van der Waals surface area (Å²) in [6.07, 6.45) is 0.318. The third-order valence-corrected chi connectivity index (χ3v) is 3.77. The van der Waals surface area contributed by atoms with Gasteiger partial charge in [0.2, 0.25) is 10.0 Å². The fourth-order valence-corrected chi connectivity index (χ4v) is 2.52. The number of hydrogen-bond donors (Lipinski definition) is 1. The van der Waals surface area contributed by atoms with Crippen LogP contribution in [0.3, 0.4) is 0 Å². The topological polar surface area (TPSA) is 63.2 Å². The van der Waals surface area contributed by atoms with Crippen LogP contribution in [0.15, 0.2) is 35.2 Å². The molecule has 88 valence electrons. The summed E-state index contributed by atoms with van der Waals surface area (Å²) in [6, 6.07) is 7.31. The summed E-state index contributed by atoms with van der Waals surface area (Å²) >= 11 is 0. The van der Waals surface area contributed by atoms with E-state index >= 15 is 0 Å². The van der Waals surface area contributed by atoms with Gasteiger partial charge >= 0.3 is 0 Å². The first kappa shape index (κ1) is 12.9. The molecule has 0 heterocycles. The molecule has 0 aliphatic carbocycles. The third kappa shape index (κ3) is 3.15. The van der Waals surface area contributed by atoms with Crippen LogP contribution in [0.25, 0.3) is 0 Å². The normalized spacial score (nSPS) is 13.4. The molecule has 1 aromatic rings. The number of Topliss-reactive ketones (excluding diaryl/α,β-unsaturated/α-hetero) is 1. The van der Waals surface area contributed by atoms with Crippen molar-refractivity contribution in [2.24, 2.45) is 0 Å². The second-order valence-corrected chi connectivity index (χ2v) is 5.19. The molecule has 0 fully saturated rings. The lowest BCUT2D eigenvalue weighted by Crippen LogP contribution is -2.38. The molecule has 0 spiro atoms. The third-order valence-electron chi connectivity index (χ3n) is 2.22. The predicted molar refractivity (Wildman–Crippen MR) is 61.5 cm³/mol. The molecule has 1 unspecified atom stereocenters. The number of benzene rings is 1. The van der Waals surface area contributed by atoms with Gasteiger partial charge in [0.15, 0.2) is 0 Å². The maximum atomic E-state index is 11.8. The van der Waals surface area contributed by atoms with Gasteiger partial charge in [0.25, 0.3) is 0 Å². The van der Waals surface area contributed by atoms with Crippen molar-refractivity contribution in [3.8, 4) is 0 Å². The van der Waals surface area contributed by atoms with Gasteiger partial charge in [0.05, 0.1) is 10.9 Å². The van der Waals surface area contributed by atoms with Crippen molar-refractivity contribution in [1.82, 2.24) is 4.72 Å². The maximum absolute atomic E-state index is 11.8. The zero-order valence-corrected chi connectivity index (χ0v) is 10.1. The van der Waals surface area contributed by atoms with Gasteiger partial charge in [-0.05, 0) is 19.1 Å². The predicted octanol–water partition coefficient (Wildman–Crippen LogP) is 1.33. The first-order valence-corrected chi connectivity index (χ1v) is 6.55. The number of nitrogens with one attached hydrogen (secondary N) is 1. The van der Waals surface area contributed by atoms with Crippen LogP contribution in [0.5, 0.6) is 0 Å². The smallest absolute Gasteiger partial charge is 0.241 e. The Balaban J connectivity index is 2.85. The lowest BCUT2D eigenvalue weighted by Gasteiger charge is -2.12. The van der Waals surface area contributed by atoms with Gasteiger partial charge < -0.3 is 0 Å². The second kappa shape index (κ2) is 5.23. The van der Waals surface area contributed by atoms with Gasteiger partial charge in [-0.2, -0.15) is 0 Å². The highest BCUT2D eigenvalue weighted by molar-refractivity contribution is 7.89. The highest BCUT2D eigenvalue weighted by atomic mass is 32.2. The standard InChI is InChI=1S/C11H15NO3S/c1-3-11(13)9(2)12-16(14,15)10-7-5-4-6-8-10/h4-9,12H,3H2,1-2H3. The Morgan fingerprint density at radius 1 is 1.31 bits per heavy atom. The monoisotopic (exact) mass is 241 g/mol. The number of sulfonamides is 1. The molecule has 0 amide bonds. The Morgan fingerprint density at radius 2 is 1.88 bits per heavy atom. The van der Waals surface area contributed by atoms with E-state index in [-0.39, 0.29) is 10.7 Å². The van der Waals surface area contributed by atoms with Crippen molar-refractivity contribution >= 4 is 15.8 Å². The molecule has 0 saturated carbocycles. The number of ketones is 1. The van der Waals surface area contributed by atoms with Gasteiger partial charge in [-0.25, -0.2) is 13.1 Å². The Bertz CT molecular complexity index is 453. The van der Waals surface area contributed by atoms with E-state index in [9.17, 15) is 13.2 Å². The van der Waals surface area contributed by atoms with Crippen molar-refractivity contribution in [1.29, 1.82) is 0 Å². The lowest BCUT2D eigenvalue weighted by molar-refractivity contribution is -0.119. The zero-order valence-electron chi connectivity index (χ0n) is 9.30. The van der Waals surface area contributed by atoms with Crippen LogP contribution in [0, 0.1) is 0 Å². The summed E-state index contributed by atoms with van der Waals surface area (Å²) in [7, 11) is -3.59. The number of rotatable bonds is 5. The summed E-state index contributed by atoms with van der Waals surface area (Å²) in [4.78, 5) is 11.5. The lowest BCUT2D eigenvalue weighted by atomic mass is 10.2. The van der Waals surface area contributed by atoms with Crippen LogP contribution in [-0.4, -0.2) is 20.2 Å². The van der Waals surface area contributed by atoms with E-state index < -0.39 is 16.1 Å². The maximum Gasteiger partial charge on any atom is 0.241 e. The fourth-order valence-electron chi connectivity index (χ4n) is 1.27. The Kier molecular flexibility index (Phi) is 4.20. The van der Waals surface area contributed by atoms with Gasteiger partial charge in [-0.15, -0.1) is 0 Å². The number of hydrogen-bond acceptors (Lipinski definition) is 3. The molecule has 16 heavy (non-hydrogen) atoms. The average molecular weight is 241 g/mol. The van der Waals surface area contributed by atoms with Crippen molar-refractivity contribution < 1.29 is 13.2 Å². The van der Waals surface area contributed by atoms with Crippen molar-refractivity contribution in [3.05, 3.63) is 30.3 Å². The molecule has 0 aromatic heterocycles.